The first-order chi connectivity index (χ1) is 31.8. The van der Waals surface area contributed by atoms with Gasteiger partial charge in [-0.15, -0.1) is 0 Å². The lowest BCUT2D eigenvalue weighted by Crippen LogP contribution is -2.53. The Morgan fingerprint density at radius 1 is 0.708 bits per heavy atom. The number of H-pyrrole nitrogens is 2. The van der Waals surface area contributed by atoms with Gasteiger partial charge in [0.1, 0.15) is 17.7 Å². The SMILES string of the molecule is COC(=O)N[C@H](C(=O)N1CCC[C@H]1c1ncc(-c2ccc3cc(-c4ccc5c(ccc6[nH]c([C@@H]7CCCN7C[C@@H](NC(=O)OC)C7CCOCC7)nc65)c4)ccc3c2)[nH]1)C1CCOCC1. The highest BCUT2D eigenvalue weighted by Crippen LogP contribution is 2.37. The predicted molar refractivity (Wildman–Crippen MR) is 247 cm³/mol. The fourth-order valence-corrected chi connectivity index (χ4v) is 10.8. The third-order valence-corrected chi connectivity index (χ3v) is 14.3. The van der Waals surface area contributed by atoms with E-state index in [1.807, 2.05) is 11.1 Å². The smallest absolute Gasteiger partial charge is 0.407 e. The molecule has 4 saturated heterocycles. The number of amides is 3. The largest absolute Gasteiger partial charge is 0.453 e. The fourth-order valence-electron chi connectivity index (χ4n) is 10.8. The molecule has 4 aliphatic rings. The van der Waals surface area contributed by atoms with Crippen LogP contribution in [0.1, 0.15) is 75.1 Å². The Hall–Kier alpha value is -6.03. The number of benzene rings is 4. The van der Waals surface area contributed by atoms with Gasteiger partial charge in [0.25, 0.3) is 0 Å². The van der Waals surface area contributed by atoms with Crippen molar-refractivity contribution < 1.29 is 33.3 Å². The molecule has 65 heavy (non-hydrogen) atoms. The molecule has 0 unspecified atom stereocenters. The number of fused-ring (bicyclic) bond motifs is 4. The van der Waals surface area contributed by atoms with Crippen molar-refractivity contribution in [1.82, 2.24) is 40.4 Å². The van der Waals surface area contributed by atoms with Crippen LogP contribution in [0.5, 0.6) is 0 Å². The second kappa shape index (κ2) is 18.8. The van der Waals surface area contributed by atoms with Crippen molar-refractivity contribution in [3.63, 3.8) is 0 Å². The van der Waals surface area contributed by atoms with Gasteiger partial charge < -0.3 is 44.4 Å². The molecule has 4 atom stereocenters. The molecule has 2 aromatic heterocycles. The Labute approximate surface area is 377 Å². The summed E-state index contributed by atoms with van der Waals surface area (Å²) < 4.78 is 21.1. The standard InChI is InChI=1S/C50H58N8O7/c1-62-49(60)54-41(30-15-21-64-22-16-30)29-57-19-3-5-42(57)47-52-39-14-12-36-26-35(11-13-38(36)45(39)55-47)32-7-8-34-27-37(10-9-33(34)25-32)40-28-51-46(53-40)43-6-4-20-58(43)48(59)44(56-50(61)63-2)31-17-23-65-24-18-31/h7-14,25-28,30-31,41-44H,3-6,15-24,29H2,1-2H3,(H,51,53)(H,52,55)(H,54,60)(H,56,61)/t41-,42+,43+,44+/m1/s1. The topological polar surface area (TPSA) is 176 Å². The summed E-state index contributed by atoms with van der Waals surface area (Å²) in [5, 5.41) is 10.4. The molecule has 6 aromatic rings. The number of hydrogen-bond acceptors (Lipinski definition) is 10. The molecule has 3 amide bonds. The summed E-state index contributed by atoms with van der Waals surface area (Å²) in [5.41, 5.74) is 6.15. The maximum Gasteiger partial charge on any atom is 0.407 e. The third kappa shape index (κ3) is 8.88. The Morgan fingerprint density at radius 2 is 1.34 bits per heavy atom. The van der Waals surface area contributed by atoms with Crippen LogP contribution in [0.2, 0.25) is 0 Å². The molecule has 6 heterocycles. The van der Waals surface area contributed by atoms with Crippen LogP contribution in [-0.2, 0) is 23.7 Å². The molecule has 340 valence electrons. The molecule has 4 aromatic carbocycles. The predicted octanol–water partition coefficient (Wildman–Crippen LogP) is 8.03. The van der Waals surface area contributed by atoms with Gasteiger partial charge in [-0.25, -0.2) is 19.6 Å². The molecule has 4 aliphatic heterocycles. The number of hydrogen-bond donors (Lipinski definition) is 4. The van der Waals surface area contributed by atoms with E-state index >= 15 is 0 Å². The number of nitrogens with zero attached hydrogens (tertiary/aromatic N) is 4. The normalized spacial score (nSPS) is 20.9. The molecule has 4 N–H and O–H groups in total. The minimum atomic E-state index is -0.678. The molecule has 10 rings (SSSR count). The van der Waals surface area contributed by atoms with Crippen LogP contribution in [0.25, 0.3) is 55.0 Å². The van der Waals surface area contributed by atoms with E-state index < -0.39 is 12.1 Å². The molecule has 0 aliphatic carbocycles. The van der Waals surface area contributed by atoms with E-state index in [0.717, 1.165) is 118 Å². The van der Waals surface area contributed by atoms with E-state index in [2.05, 4.69) is 92.2 Å². The van der Waals surface area contributed by atoms with Crippen molar-refractivity contribution in [3.05, 3.63) is 84.6 Å². The first-order valence-corrected chi connectivity index (χ1v) is 23.2. The van der Waals surface area contributed by atoms with E-state index in [9.17, 15) is 14.4 Å². The zero-order chi connectivity index (χ0) is 44.4. The van der Waals surface area contributed by atoms with Gasteiger partial charge in [0.05, 0.1) is 49.2 Å². The number of carbonyl (C=O) groups excluding carboxylic acids is 3. The number of aromatic amines is 2. The minimum absolute atomic E-state index is 0.0213. The number of carbonyl (C=O) groups is 3. The number of nitrogens with one attached hydrogen (secondary N) is 4. The second-order valence-corrected chi connectivity index (χ2v) is 18.1. The van der Waals surface area contributed by atoms with Crippen LogP contribution in [0.15, 0.2) is 72.9 Å². The molecule has 0 spiro atoms. The number of aromatic nitrogens is 4. The number of alkyl carbamates (subject to hydrolysis) is 2. The maximum absolute atomic E-state index is 14.1. The molecule has 15 nitrogen and oxygen atoms in total. The summed E-state index contributed by atoms with van der Waals surface area (Å²) in [6.45, 7) is 4.85. The summed E-state index contributed by atoms with van der Waals surface area (Å²) in [6, 6.07) is 23.2. The quantitative estimate of drug-likeness (QED) is 0.0997. The number of ether oxygens (including phenoxy) is 4. The highest BCUT2D eigenvalue weighted by Gasteiger charge is 2.40. The highest BCUT2D eigenvalue weighted by atomic mass is 16.5. The zero-order valence-corrected chi connectivity index (χ0v) is 37.1. The van der Waals surface area contributed by atoms with Crippen molar-refractivity contribution in [1.29, 1.82) is 0 Å². The van der Waals surface area contributed by atoms with E-state index in [0.29, 0.717) is 51.7 Å². The lowest BCUT2D eigenvalue weighted by molar-refractivity contribution is -0.136. The summed E-state index contributed by atoms with van der Waals surface area (Å²) >= 11 is 0. The van der Waals surface area contributed by atoms with E-state index in [-0.39, 0.29) is 36.0 Å². The van der Waals surface area contributed by atoms with Crippen LogP contribution in [0.4, 0.5) is 9.59 Å². The Morgan fingerprint density at radius 3 is 2.09 bits per heavy atom. The van der Waals surface area contributed by atoms with E-state index in [1.54, 1.807) is 0 Å². The molecule has 15 heteroatoms. The monoisotopic (exact) mass is 882 g/mol. The van der Waals surface area contributed by atoms with Crippen molar-refractivity contribution in [2.75, 3.05) is 60.3 Å². The lowest BCUT2D eigenvalue weighted by atomic mass is 9.90. The number of imidazole rings is 2. The van der Waals surface area contributed by atoms with Gasteiger partial charge in [-0.1, -0.05) is 42.5 Å². The first kappa shape index (κ1) is 42.9. The van der Waals surface area contributed by atoms with Crippen LogP contribution in [0, 0.1) is 11.8 Å². The summed E-state index contributed by atoms with van der Waals surface area (Å²) in [6.07, 6.45) is 7.82. The minimum Gasteiger partial charge on any atom is -0.453 e. The summed E-state index contributed by atoms with van der Waals surface area (Å²) in [7, 11) is 2.74. The lowest BCUT2D eigenvalue weighted by Gasteiger charge is -2.34. The fraction of sp³-hybridized carbons (Fsp3) is 0.460. The summed E-state index contributed by atoms with van der Waals surface area (Å²) in [4.78, 5) is 60.3. The highest BCUT2D eigenvalue weighted by molar-refractivity contribution is 6.05. The van der Waals surface area contributed by atoms with Crippen molar-refractivity contribution in [3.8, 4) is 22.4 Å². The van der Waals surface area contributed by atoms with E-state index in [4.69, 9.17) is 28.9 Å². The van der Waals surface area contributed by atoms with Crippen LogP contribution in [0.3, 0.4) is 0 Å². The molecular weight excluding hydrogens is 825 g/mol. The molecular formula is C50H58N8O7. The molecule has 0 radical (unpaired) electrons. The number of methoxy groups -OCH3 is 2. The first-order valence-electron chi connectivity index (χ1n) is 23.2. The van der Waals surface area contributed by atoms with Crippen molar-refractivity contribution >= 4 is 50.7 Å². The van der Waals surface area contributed by atoms with Crippen LogP contribution in [-0.4, -0.2) is 120 Å². The Kier molecular flexibility index (Phi) is 12.4. The molecule has 0 saturated carbocycles. The number of rotatable bonds is 11. The Bertz CT molecular complexity index is 2690. The van der Waals surface area contributed by atoms with Gasteiger partial charge in [-0.05, 0) is 121 Å². The number of likely N-dealkylation sites (tertiary alicyclic amines) is 2. The summed E-state index contributed by atoms with van der Waals surface area (Å²) in [5.74, 6) is 1.93. The average molecular weight is 883 g/mol. The van der Waals surface area contributed by atoms with E-state index in [1.165, 1.54) is 14.2 Å². The van der Waals surface area contributed by atoms with Gasteiger partial charge in [0.2, 0.25) is 5.91 Å². The van der Waals surface area contributed by atoms with Gasteiger partial charge in [-0.3, -0.25) is 9.69 Å². The van der Waals surface area contributed by atoms with Crippen molar-refractivity contribution in [2.24, 2.45) is 11.8 Å². The van der Waals surface area contributed by atoms with Crippen molar-refractivity contribution in [2.45, 2.75) is 75.5 Å². The maximum atomic E-state index is 14.1. The Balaban J connectivity index is 0.843. The van der Waals surface area contributed by atoms with Gasteiger partial charge in [-0.2, -0.15) is 0 Å². The van der Waals surface area contributed by atoms with Gasteiger partial charge >= 0.3 is 12.2 Å². The zero-order valence-electron chi connectivity index (χ0n) is 37.1. The van der Waals surface area contributed by atoms with Gasteiger partial charge in [0.15, 0.2) is 0 Å². The van der Waals surface area contributed by atoms with Gasteiger partial charge in [0, 0.05) is 56.5 Å². The molecule has 0 bridgehead atoms. The molecule has 4 fully saturated rings. The van der Waals surface area contributed by atoms with Crippen LogP contribution >= 0.6 is 0 Å². The average Bonchev–Trinajstić information content (AvgIpc) is 4.20. The third-order valence-electron chi connectivity index (χ3n) is 14.3. The van der Waals surface area contributed by atoms with Crippen LogP contribution < -0.4 is 10.6 Å². The second-order valence-electron chi connectivity index (χ2n) is 18.1.